The summed E-state index contributed by atoms with van der Waals surface area (Å²) in [6.45, 7) is 5.48. The van der Waals surface area contributed by atoms with Crippen LogP contribution in [0.1, 0.15) is 24.6 Å². The molecule has 1 amide bonds. The van der Waals surface area contributed by atoms with Gasteiger partial charge in [-0.2, -0.15) is 0 Å². The lowest BCUT2D eigenvalue weighted by molar-refractivity contribution is -0.135. The molecule has 1 fully saturated rings. The van der Waals surface area contributed by atoms with Crippen LogP contribution in [0, 0.1) is 0 Å². The van der Waals surface area contributed by atoms with E-state index in [2.05, 4.69) is 21.8 Å². The van der Waals surface area contributed by atoms with Gasteiger partial charge in [0.1, 0.15) is 5.75 Å². The van der Waals surface area contributed by atoms with Crippen LogP contribution in [0.2, 0.25) is 0 Å². The summed E-state index contributed by atoms with van der Waals surface area (Å²) < 4.78 is 5.19. The van der Waals surface area contributed by atoms with Crippen molar-refractivity contribution in [1.82, 2.24) is 19.8 Å². The van der Waals surface area contributed by atoms with Crippen LogP contribution in [0.5, 0.6) is 5.75 Å². The van der Waals surface area contributed by atoms with E-state index in [0.29, 0.717) is 12.8 Å². The molecule has 1 saturated heterocycles. The molecule has 0 N–H and O–H groups in total. The van der Waals surface area contributed by atoms with Gasteiger partial charge in [0, 0.05) is 51.0 Å². The minimum Gasteiger partial charge on any atom is -0.495 e. The van der Waals surface area contributed by atoms with E-state index in [0.717, 1.165) is 43.2 Å². The van der Waals surface area contributed by atoms with Crippen molar-refractivity contribution in [2.45, 2.75) is 32.4 Å². The fourth-order valence-corrected chi connectivity index (χ4v) is 3.37. The summed E-state index contributed by atoms with van der Waals surface area (Å²) >= 11 is 0. The molecule has 1 aliphatic rings. The minimum atomic E-state index is 0.206. The van der Waals surface area contributed by atoms with E-state index in [1.165, 1.54) is 0 Å². The first-order valence-electron chi connectivity index (χ1n) is 9.05. The average molecular weight is 354 g/mol. The number of hydrogen-bond acceptors (Lipinski definition) is 5. The second kappa shape index (κ2) is 8.76. The Morgan fingerprint density at radius 3 is 2.92 bits per heavy atom. The number of methoxy groups -OCH3 is 1. The Labute approximate surface area is 154 Å². The van der Waals surface area contributed by atoms with Crippen LogP contribution in [-0.4, -0.2) is 58.5 Å². The number of pyridine rings is 2. The van der Waals surface area contributed by atoms with Gasteiger partial charge in [0.15, 0.2) is 0 Å². The monoisotopic (exact) mass is 354 g/mol. The zero-order chi connectivity index (χ0) is 18.4. The fraction of sp³-hybridized carbons (Fsp3) is 0.450. The standard InChI is InChI=1S/C20H26N4O2/c1-16-14-23(15-18-5-3-4-8-22-18)9-10-24(16)20(25)7-6-17-11-19(26-2)13-21-12-17/h3-5,8,11-13,16H,6-7,9-10,14-15H2,1-2H3. The third-order valence-electron chi connectivity index (χ3n) is 4.78. The third kappa shape index (κ3) is 4.79. The molecule has 6 heteroatoms. The van der Waals surface area contributed by atoms with Crippen molar-refractivity contribution in [3.8, 4) is 5.75 Å². The molecule has 0 radical (unpaired) electrons. The zero-order valence-corrected chi connectivity index (χ0v) is 15.5. The number of carbonyl (C=O) groups is 1. The Morgan fingerprint density at radius 1 is 1.31 bits per heavy atom. The number of aromatic nitrogens is 2. The molecule has 138 valence electrons. The maximum absolute atomic E-state index is 12.6. The van der Waals surface area contributed by atoms with Gasteiger partial charge < -0.3 is 9.64 Å². The summed E-state index contributed by atoms with van der Waals surface area (Å²) in [5.41, 5.74) is 2.10. The van der Waals surface area contributed by atoms with E-state index in [-0.39, 0.29) is 11.9 Å². The first-order valence-corrected chi connectivity index (χ1v) is 9.05. The number of hydrogen-bond donors (Lipinski definition) is 0. The highest BCUT2D eigenvalue weighted by Gasteiger charge is 2.27. The third-order valence-corrected chi connectivity index (χ3v) is 4.78. The highest BCUT2D eigenvalue weighted by atomic mass is 16.5. The van der Waals surface area contributed by atoms with Crippen LogP contribution in [0.3, 0.4) is 0 Å². The van der Waals surface area contributed by atoms with E-state index in [4.69, 9.17) is 4.74 Å². The Morgan fingerprint density at radius 2 is 2.19 bits per heavy atom. The molecule has 2 aromatic heterocycles. The Hall–Kier alpha value is -2.47. The summed E-state index contributed by atoms with van der Waals surface area (Å²) in [4.78, 5) is 25.6. The fourth-order valence-electron chi connectivity index (χ4n) is 3.37. The van der Waals surface area contributed by atoms with Crippen molar-refractivity contribution in [2.24, 2.45) is 0 Å². The van der Waals surface area contributed by atoms with Crippen LogP contribution in [0.25, 0.3) is 0 Å². The molecule has 0 aliphatic carbocycles. The molecule has 26 heavy (non-hydrogen) atoms. The number of piperazine rings is 1. The van der Waals surface area contributed by atoms with Crippen LogP contribution in [0.4, 0.5) is 0 Å². The molecule has 3 heterocycles. The molecular formula is C20H26N4O2. The first kappa shape index (κ1) is 18.3. The second-order valence-electron chi connectivity index (χ2n) is 6.73. The van der Waals surface area contributed by atoms with E-state index in [1.807, 2.05) is 35.4 Å². The molecule has 6 nitrogen and oxygen atoms in total. The van der Waals surface area contributed by atoms with E-state index in [9.17, 15) is 4.79 Å². The van der Waals surface area contributed by atoms with Crippen LogP contribution in [-0.2, 0) is 17.8 Å². The highest BCUT2D eigenvalue weighted by Crippen LogP contribution is 2.16. The Kier molecular flexibility index (Phi) is 6.17. The number of rotatable bonds is 6. The highest BCUT2D eigenvalue weighted by molar-refractivity contribution is 5.77. The maximum atomic E-state index is 12.6. The number of aryl methyl sites for hydroxylation is 1. The van der Waals surface area contributed by atoms with Gasteiger partial charge in [0.25, 0.3) is 0 Å². The molecule has 0 aromatic carbocycles. The number of carbonyl (C=O) groups excluding carboxylic acids is 1. The van der Waals surface area contributed by atoms with Gasteiger partial charge in [-0.25, -0.2) is 0 Å². The quantitative estimate of drug-likeness (QED) is 0.796. The maximum Gasteiger partial charge on any atom is 0.223 e. The summed E-state index contributed by atoms with van der Waals surface area (Å²) in [5.74, 6) is 0.934. The summed E-state index contributed by atoms with van der Waals surface area (Å²) in [5, 5.41) is 0. The lowest BCUT2D eigenvalue weighted by Crippen LogP contribution is -2.53. The van der Waals surface area contributed by atoms with Gasteiger partial charge >= 0.3 is 0 Å². The molecule has 1 atom stereocenters. The van der Waals surface area contributed by atoms with Crippen LogP contribution < -0.4 is 4.74 Å². The lowest BCUT2D eigenvalue weighted by Gasteiger charge is -2.39. The molecule has 0 spiro atoms. The minimum absolute atomic E-state index is 0.206. The molecule has 3 rings (SSSR count). The second-order valence-corrected chi connectivity index (χ2v) is 6.73. The first-order chi connectivity index (χ1) is 12.7. The number of amides is 1. The largest absolute Gasteiger partial charge is 0.495 e. The predicted molar refractivity (Wildman–Crippen MR) is 99.8 cm³/mol. The van der Waals surface area contributed by atoms with Gasteiger partial charge in [-0.05, 0) is 37.1 Å². The Bertz CT molecular complexity index is 723. The van der Waals surface area contributed by atoms with Gasteiger partial charge in [0.2, 0.25) is 5.91 Å². The lowest BCUT2D eigenvalue weighted by atomic mass is 10.1. The molecular weight excluding hydrogens is 328 g/mol. The zero-order valence-electron chi connectivity index (χ0n) is 15.5. The normalized spacial score (nSPS) is 17.9. The van der Waals surface area contributed by atoms with E-state index < -0.39 is 0 Å². The molecule has 0 saturated carbocycles. The topological polar surface area (TPSA) is 58.6 Å². The Balaban J connectivity index is 1.49. The number of ether oxygens (including phenoxy) is 1. The van der Waals surface area contributed by atoms with Crippen molar-refractivity contribution < 1.29 is 9.53 Å². The van der Waals surface area contributed by atoms with Crippen molar-refractivity contribution in [2.75, 3.05) is 26.7 Å². The van der Waals surface area contributed by atoms with Crippen LogP contribution >= 0.6 is 0 Å². The summed E-state index contributed by atoms with van der Waals surface area (Å²) in [6.07, 6.45) is 6.48. The SMILES string of the molecule is COc1cncc(CCC(=O)N2CCN(Cc3ccccn3)CC2C)c1. The van der Waals surface area contributed by atoms with Gasteiger partial charge in [-0.1, -0.05) is 6.07 Å². The van der Waals surface area contributed by atoms with E-state index in [1.54, 1.807) is 19.5 Å². The summed E-state index contributed by atoms with van der Waals surface area (Å²) in [7, 11) is 1.62. The van der Waals surface area contributed by atoms with Crippen molar-refractivity contribution >= 4 is 5.91 Å². The van der Waals surface area contributed by atoms with Crippen molar-refractivity contribution in [3.05, 3.63) is 54.1 Å². The van der Waals surface area contributed by atoms with E-state index >= 15 is 0 Å². The predicted octanol–water partition coefficient (Wildman–Crippen LogP) is 2.15. The number of nitrogens with zero attached hydrogens (tertiary/aromatic N) is 4. The van der Waals surface area contributed by atoms with Gasteiger partial charge in [0.05, 0.1) is 19.0 Å². The smallest absolute Gasteiger partial charge is 0.223 e. The van der Waals surface area contributed by atoms with Gasteiger partial charge in [-0.3, -0.25) is 19.7 Å². The molecule has 2 aromatic rings. The summed E-state index contributed by atoms with van der Waals surface area (Å²) in [6, 6.07) is 8.14. The molecule has 0 bridgehead atoms. The van der Waals surface area contributed by atoms with Gasteiger partial charge in [-0.15, -0.1) is 0 Å². The molecule has 1 unspecified atom stereocenters. The van der Waals surface area contributed by atoms with Crippen LogP contribution in [0.15, 0.2) is 42.9 Å². The van der Waals surface area contributed by atoms with Crippen molar-refractivity contribution in [3.63, 3.8) is 0 Å². The van der Waals surface area contributed by atoms with Crippen molar-refractivity contribution in [1.29, 1.82) is 0 Å². The molecule has 1 aliphatic heterocycles. The average Bonchev–Trinajstić information content (AvgIpc) is 2.67.